The lowest BCUT2D eigenvalue weighted by atomic mass is 10.2. The second-order valence-corrected chi connectivity index (χ2v) is 6.44. The van der Waals surface area contributed by atoms with Gasteiger partial charge in [0.1, 0.15) is 12.1 Å². The molecule has 0 saturated carbocycles. The minimum absolute atomic E-state index is 0.373. The Morgan fingerprint density at radius 1 is 0.906 bits per heavy atom. The van der Waals surface area contributed by atoms with E-state index in [-0.39, 0.29) is 0 Å². The van der Waals surface area contributed by atoms with E-state index >= 15 is 0 Å². The van der Waals surface area contributed by atoms with Crippen molar-refractivity contribution in [1.82, 2.24) is 19.7 Å². The lowest BCUT2D eigenvalue weighted by Crippen LogP contribution is -2.19. The smallest absolute Gasteiger partial charge is 0.323 e. The number of ether oxygens (including phenoxy) is 3. The van der Waals surface area contributed by atoms with Crippen molar-refractivity contribution in [1.29, 1.82) is 0 Å². The third kappa shape index (κ3) is 4.93. The van der Waals surface area contributed by atoms with E-state index in [0.717, 1.165) is 0 Å². The molecule has 32 heavy (non-hydrogen) atoms. The van der Waals surface area contributed by atoms with Crippen molar-refractivity contribution in [2.75, 3.05) is 24.9 Å². The molecule has 0 saturated heterocycles. The summed E-state index contributed by atoms with van der Waals surface area (Å²) in [5.74, 6) is 2.62. The minimum atomic E-state index is -0.398. The average Bonchev–Trinajstić information content (AvgIpc) is 3.35. The van der Waals surface area contributed by atoms with Crippen molar-refractivity contribution >= 4 is 17.4 Å². The molecule has 0 unspecified atom stereocenters. The van der Waals surface area contributed by atoms with Crippen LogP contribution in [0.15, 0.2) is 73.3 Å². The highest BCUT2D eigenvalue weighted by molar-refractivity contribution is 5.99. The number of rotatable bonds is 7. The number of urea groups is 1. The first kappa shape index (κ1) is 20.7. The van der Waals surface area contributed by atoms with Crippen LogP contribution >= 0.6 is 0 Å². The monoisotopic (exact) mass is 432 g/mol. The summed E-state index contributed by atoms with van der Waals surface area (Å²) in [4.78, 5) is 20.6. The largest absolute Gasteiger partial charge is 0.493 e. The number of carbonyl (C=O) groups excluding carboxylic acids is 1. The van der Waals surface area contributed by atoms with E-state index in [1.807, 2.05) is 0 Å². The number of hydrogen-bond acceptors (Lipinski definition) is 7. The van der Waals surface area contributed by atoms with Crippen LogP contribution in [-0.2, 0) is 0 Å². The number of carbonyl (C=O) groups is 1. The fourth-order valence-electron chi connectivity index (χ4n) is 2.85. The SMILES string of the molecule is COc1ccc(NC(=O)Nc2ccc(Oc3cc(-n4cccn4)ncn3)cc2)cc1OC. The van der Waals surface area contributed by atoms with Gasteiger partial charge < -0.3 is 24.8 Å². The van der Waals surface area contributed by atoms with Gasteiger partial charge in [-0.15, -0.1) is 0 Å². The molecule has 2 heterocycles. The second kappa shape index (κ2) is 9.47. The maximum absolute atomic E-state index is 12.3. The molecule has 0 fully saturated rings. The molecule has 0 bridgehead atoms. The van der Waals surface area contributed by atoms with Crippen molar-refractivity contribution in [3.8, 4) is 28.9 Å². The molecule has 0 aliphatic rings. The molecule has 2 aromatic carbocycles. The molecule has 2 amide bonds. The van der Waals surface area contributed by atoms with Gasteiger partial charge in [0, 0.05) is 35.9 Å². The van der Waals surface area contributed by atoms with Crippen LogP contribution in [0.25, 0.3) is 5.82 Å². The van der Waals surface area contributed by atoms with Gasteiger partial charge in [-0.05, 0) is 42.5 Å². The van der Waals surface area contributed by atoms with Gasteiger partial charge in [-0.2, -0.15) is 5.10 Å². The van der Waals surface area contributed by atoms with Crippen molar-refractivity contribution in [2.45, 2.75) is 0 Å². The number of hydrogen-bond donors (Lipinski definition) is 2. The normalized spacial score (nSPS) is 10.3. The van der Waals surface area contributed by atoms with Crippen LogP contribution in [0.5, 0.6) is 23.1 Å². The molecule has 0 aliphatic heterocycles. The Morgan fingerprint density at radius 2 is 1.66 bits per heavy atom. The predicted octanol–water partition coefficient (Wildman–Crippen LogP) is 4.12. The van der Waals surface area contributed by atoms with Gasteiger partial charge in [-0.1, -0.05) is 0 Å². The molecule has 0 radical (unpaired) electrons. The van der Waals surface area contributed by atoms with E-state index in [1.165, 1.54) is 13.4 Å². The van der Waals surface area contributed by atoms with Crippen molar-refractivity contribution in [3.63, 3.8) is 0 Å². The summed E-state index contributed by atoms with van der Waals surface area (Å²) in [6, 6.07) is 15.1. The van der Waals surface area contributed by atoms with Crippen LogP contribution in [0.3, 0.4) is 0 Å². The fourth-order valence-corrected chi connectivity index (χ4v) is 2.85. The Morgan fingerprint density at radius 3 is 2.38 bits per heavy atom. The second-order valence-electron chi connectivity index (χ2n) is 6.44. The summed E-state index contributed by atoms with van der Waals surface area (Å²) < 4.78 is 17.8. The lowest BCUT2D eigenvalue weighted by molar-refractivity contribution is 0.262. The maximum atomic E-state index is 12.3. The van der Waals surface area contributed by atoms with E-state index < -0.39 is 6.03 Å². The number of aromatic nitrogens is 4. The molecule has 2 aromatic heterocycles. The number of benzene rings is 2. The average molecular weight is 432 g/mol. The fraction of sp³-hybridized carbons (Fsp3) is 0.0909. The van der Waals surface area contributed by atoms with E-state index in [4.69, 9.17) is 14.2 Å². The molecule has 0 spiro atoms. The molecule has 162 valence electrons. The quantitative estimate of drug-likeness (QED) is 0.452. The first-order valence-electron chi connectivity index (χ1n) is 9.54. The van der Waals surface area contributed by atoms with Gasteiger partial charge in [0.05, 0.1) is 14.2 Å². The summed E-state index contributed by atoms with van der Waals surface area (Å²) >= 11 is 0. The minimum Gasteiger partial charge on any atom is -0.493 e. The van der Waals surface area contributed by atoms with Crippen molar-refractivity contribution in [2.24, 2.45) is 0 Å². The van der Waals surface area contributed by atoms with Crippen LogP contribution in [0, 0.1) is 0 Å². The van der Waals surface area contributed by atoms with E-state index in [2.05, 4.69) is 25.7 Å². The Hall–Kier alpha value is -4.60. The zero-order valence-electron chi connectivity index (χ0n) is 17.4. The number of amides is 2. The van der Waals surface area contributed by atoms with Gasteiger partial charge in [-0.25, -0.2) is 19.4 Å². The van der Waals surface area contributed by atoms with Crippen molar-refractivity contribution in [3.05, 3.63) is 73.3 Å². The third-order valence-corrected chi connectivity index (χ3v) is 4.34. The molecular formula is C22H20N6O4. The Bertz CT molecular complexity index is 1200. The highest BCUT2D eigenvalue weighted by Gasteiger charge is 2.08. The summed E-state index contributed by atoms with van der Waals surface area (Å²) in [7, 11) is 3.08. The summed E-state index contributed by atoms with van der Waals surface area (Å²) in [5.41, 5.74) is 1.16. The highest BCUT2D eigenvalue weighted by atomic mass is 16.5. The van der Waals surface area contributed by atoms with Crippen LogP contribution in [0.1, 0.15) is 0 Å². The maximum Gasteiger partial charge on any atom is 0.323 e. The Labute approximate surface area is 183 Å². The molecule has 4 aromatic rings. The summed E-state index contributed by atoms with van der Waals surface area (Å²) in [5, 5.41) is 9.64. The van der Waals surface area contributed by atoms with E-state index in [0.29, 0.717) is 40.3 Å². The van der Waals surface area contributed by atoms with Crippen molar-refractivity contribution < 1.29 is 19.0 Å². The molecule has 0 atom stereocenters. The zero-order valence-corrected chi connectivity index (χ0v) is 17.4. The summed E-state index contributed by atoms with van der Waals surface area (Å²) in [6.07, 6.45) is 4.84. The third-order valence-electron chi connectivity index (χ3n) is 4.34. The highest BCUT2D eigenvalue weighted by Crippen LogP contribution is 2.30. The van der Waals surface area contributed by atoms with Gasteiger partial charge in [-0.3, -0.25) is 0 Å². The van der Waals surface area contributed by atoms with Gasteiger partial charge >= 0.3 is 6.03 Å². The van der Waals surface area contributed by atoms with Crippen LogP contribution in [0.2, 0.25) is 0 Å². The van der Waals surface area contributed by atoms with Gasteiger partial charge in [0.15, 0.2) is 17.3 Å². The summed E-state index contributed by atoms with van der Waals surface area (Å²) in [6.45, 7) is 0. The number of nitrogens with zero attached hydrogens (tertiary/aromatic N) is 4. The van der Waals surface area contributed by atoms with Crippen LogP contribution in [0.4, 0.5) is 16.2 Å². The predicted molar refractivity (Wildman–Crippen MR) is 118 cm³/mol. The first-order chi connectivity index (χ1) is 15.6. The van der Waals surface area contributed by atoms with E-state index in [9.17, 15) is 4.79 Å². The number of nitrogens with one attached hydrogen (secondary N) is 2. The Kier molecular flexibility index (Phi) is 6.12. The van der Waals surface area contributed by atoms with Gasteiger partial charge in [0.2, 0.25) is 5.88 Å². The molecule has 2 N–H and O–H groups in total. The standard InChI is InChI=1S/C22H20N6O4/c1-30-18-9-6-16(12-19(18)31-2)27-22(29)26-15-4-7-17(8-5-15)32-21-13-20(23-14-24-21)28-11-3-10-25-28/h3-14H,1-2H3,(H2,26,27,29). The Balaban J connectivity index is 1.37. The number of anilines is 2. The molecule has 4 rings (SSSR count). The number of methoxy groups -OCH3 is 2. The molecule has 0 aliphatic carbocycles. The topological polar surface area (TPSA) is 112 Å². The molecular weight excluding hydrogens is 412 g/mol. The molecule has 10 nitrogen and oxygen atoms in total. The van der Waals surface area contributed by atoms with E-state index in [1.54, 1.807) is 78.8 Å². The van der Waals surface area contributed by atoms with Crippen LogP contribution < -0.4 is 24.8 Å². The zero-order chi connectivity index (χ0) is 22.3. The first-order valence-corrected chi connectivity index (χ1v) is 9.54. The van der Waals surface area contributed by atoms with Crippen LogP contribution in [-0.4, -0.2) is 40.0 Å². The molecule has 10 heteroatoms. The van der Waals surface area contributed by atoms with Gasteiger partial charge in [0.25, 0.3) is 0 Å². The lowest BCUT2D eigenvalue weighted by Gasteiger charge is -2.12.